The van der Waals surface area contributed by atoms with Gasteiger partial charge in [0.15, 0.2) is 0 Å². The summed E-state index contributed by atoms with van der Waals surface area (Å²) >= 11 is 0. The fraction of sp³-hybridized carbons (Fsp3) is 0.250. The average molecular weight is 158 g/mol. The number of nitrogens with zero attached hydrogens (tertiary/aromatic N) is 1. The molecule has 0 saturated carbocycles. The molecular weight excluding hydrogens is 150 g/mol. The maximum atomic E-state index is 10.5. The molecule has 11 heavy (non-hydrogen) atoms. The summed E-state index contributed by atoms with van der Waals surface area (Å²) in [6.45, 7) is -0.221. The van der Waals surface area contributed by atoms with Crippen molar-refractivity contribution in [1.29, 1.82) is 5.53 Å². The number of nitrogens with two attached hydrogens (primary N) is 1. The third-order valence-electron chi connectivity index (χ3n) is 0.766. The maximum absolute atomic E-state index is 10.5. The summed E-state index contributed by atoms with van der Waals surface area (Å²) in [5, 5.41) is 2.13. The van der Waals surface area contributed by atoms with Crippen LogP contribution in [0.5, 0.6) is 0 Å². The lowest BCUT2D eigenvalue weighted by molar-refractivity contribution is -0.133. The van der Waals surface area contributed by atoms with E-state index < -0.39 is 11.8 Å². The molecule has 0 heterocycles. The van der Waals surface area contributed by atoms with Crippen LogP contribution in [-0.2, 0) is 9.59 Å². The molecule has 0 bridgehead atoms. The molecule has 0 fully saturated rings. The first kappa shape index (κ1) is 9.28. The highest BCUT2D eigenvalue weighted by molar-refractivity contribution is 6.24. The van der Waals surface area contributed by atoms with Gasteiger partial charge in [-0.05, 0) is 0 Å². The molecule has 0 unspecified atom stereocenters. The highest BCUT2D eigenvalue weighted by atomic mass is 16.2. The van der Waals surface area contributed by atoms with Crippen molar-refractivity contribution in [3.8, 4) is 0 Å². The van der Waals surface area contributed by atoms with Crippen molar-refractivity contribution in [2.75, 3.05) is 6.54 Å². The van der Waals surface area contributed by atoms with Crippen molar-refractivity contribution in [3.05, 3.63) is 0 Å². The SMILES string of the molecule is N=[N+]=CC(=O)NCC(=O)NN. The number of rotatable bonds is 3. The van der Waals surface area contributed by atoms with Crippen LogP contribution in [0, 0.1) is 5.53 Å². The zero-order valence-corrected chi connectivity index (χ0v) is 5.63. The van der Waals surface area contributed by atoms with Gasteiger partial charge in [0.05, 0.1) is 16.9 Å². The van der Waals surface area contributed by atoms with Crippen LogP contribution in [0.4, 0.5) is 0 Å². The van der Waals surface area contributed by atoms with Gasteiger partial charge in [0.2, 0.25) is 0 Å². The van der Waals surface area contributed by atoms with E-state index >= 15 is 0 Å². The van der Waals surface area contributed by atoms with E-state index in [0.29, 0.717) is 0 Å². The van der Waals surface area contributed by atoms with Gasteiger partial charge in [-0.3, -0.25) is 15.0 Å². The van der Waals surface area contributed by atoms with Crippen molar-refractivity contribution in [1.82, 2.24) is 10.7 Å². The molecule has 5 N–H and O–H groups in total. The Morgan fingerprint density at radius 2 is 2.27 bits per heavy atom. The van der Waals surface area contributed by atoms with Crippen LogP contribution < -0.4 is 16.6 Å². The van der Waals surface area contributed by atoms with Gasteiger partial charge < -0.3 is 5.32 Å². The second-order valence-electron chi connectivity index (χ2n) is 1.54. The molecule has 60 valence electrons. The zero-order valence-electron chi connectivity index (χ0n) is 5.63. The molecule has 0 aliphatic rings. The van der Waals surface area contributed by atoms with Crippen molar-refractivity contribution in [3.63, 3.8) is 0 Å². The summed E-state index contributed by atoms with van der Waals surface area (Å²) in [6.07, 6.45) is 0.740. The van der Waals surface area contributed by atoms with E-state index in [2.05, 4.69) is 10.1 Å². The van der Waals surface area contributed by atoms with Gasteiger partial charge in [-0.15, -0.1) is 0 Å². The fourth-order valence-electron chi connectivity index (χ4n) is 0.323. The minimum absolute atomic E-state index is 0.221. The third kappa shape index (κ3) is 4.76. The van der Waals surface area contributed by atoms with Crippen molar-refractivity contribution in [2.45, 2.75) is 0 Å². The van der Waals surface area contributed by atoms with Gasteiger partial charge in [-0.1, -0.05) is 0 Å². The van der Waals surface area contributed by atoms with Crippen LogP contribution in [0.3, 0.4) is 0 Å². The Kier molecular flexibility index (Phi) is 4.30. The van der Waals surface area contributed by atoms with E-state index in [1.54, 1.807) is 0 Å². The van der Waals surface area contributed by atoms with Crippen LogP contribution in [0.1, 0.15) is 0 Å². The van der Waals surface area contributed by atoms with E-state index in [1.165, 1.54) is 0 Å². The molecule has 0 radical (unpaired) electrons. The maximum Gasteiger partial charge on any atom is 0.394 e. The summed E-state index contributed by atoms with van der Waals surface area (Å²) in [5.41, 5.74) is 8.06. The Labute approximate surface area is 62.1 Å². The van der Waals surface area contributed by atoms with Gasteiger partial charge >= 0.3 is 12.1 Å². The first-order chi connectivity index (χ1) is 5.20. The molecule has 7 heteroatoms. The quantitative estimate of drug-likeness (QED) is 0.0899. The Morgan fingerprint density at radius 1 is 1.64 bits per heavy atom. The number of carbonyl (C=O) groups excluding carboxylic acids is 2. The summed E-state index contributed by atoms with van der Waals surface area (Å²) in [6, 6.07) is 0. The van der Waals surface area contributed by atoms with Crippen molar-refractivity contribution < 1.29 is 14.4 Å². The van der Waals surface area contributed by atoms with Crippen LogP contribution >= 0.6 is 0 Å². The number of carbonyl (C=O) groups is 2. The molecule has 0 aliphatic heterocycles. The van der Waals surface area contributed by atoms with Gasteiger partial charge in [0.25, 0.3) is 5.91 Å². The predicted octanol–water partition coefficient (Wildman–Crippen LogP) is -2.60. The molecular formula is C4H8N5O2+. The molecule has 0 aromatic rings. The summed E-state index contributed by atoms with van der Waals surface area (Å²) in [5.74, 6) is 3.59. The smallest absolute Gasteiger partial charge is 0.337 e. The van der Waals surface area contributed by atoms with Crippen molar-refractivity contribution in [2.24, 2.45) is 5.84 Å². The Bertz CT molecular complexity index is 207. The van der Waals surface area contributed by atoms with E-state index in [-0.39, 0.29) is 6.54 Å². The first-order valence-corrected chi connectivity index (χ1v) is 2.67. The van der Waals surface area contributed by atoms with Gasteiger partial charge in [-0.2, -0.15) is 0 Å². The zero-order chi connectivity index (χ0) is 8.69. The molecule has 0 spiro atoms. The van der Waals surface area contributed by atoms with E-state index in [1.807, 2.05) is 5.43 Å². The molecule has 7 nitrogen and oxygen atoms in total. The van der Waals surface area contributed by atoms with E-state index in [9.17, 15) is 9.59 Å². The Morgan fingerprint density at radius 3 is 2.73 bits per heavy atom. The standard InChI is InChI=1S/C4H7N5O2/c5-8-2-3(10)7-1-4(11)9-6/h2,6H,1H2,(H3,5,7,10)/p+1. The number of hydrogen-bond acceptors (Lipinski definition) is 4. The lowest BCUT2D eigenvalue weighted by Crippen LogP contribution is -2.40. The van der Waals surface area contributed by atoms with Gasteiger partial charge in [0.1, 0.15) is 0 Å². The number of nitrogens with one attached hydrogen (secondary N) is 3. The third-order valence-corrected chi connectivity index (χ3v) is 0.766. The lowest BCUT2D eigenvalue weighted by atomic mass is 10.5. The predicted molar refractivity (Wildman–Crippen MR) is 34.4 cm³/mol. The average Bonchev–Trinajstić information content (AvgIpc) is 2.01. The summed E-state index contributed by atoms with van der Waals surface area (Å²) in [7, 11) is 0. The number of hydrogen-bond donors (Lipinski definition) is 4. The normalized spacial score (nSPS) is 7.73. The second-order valence-corrected chi connectivity index (χ2v) is 1.54. The fourth-order valence-corrected chi connectivity index (χ4v) is 0.323. The highest BCUT2D eigenvalue weighted by Crippen LogP contribution is 1.59. The van der Waals surface area contributed by atoms with Gasteiger partial charge in [0, 0.05) is 0 Å². The Balaban J connectivity index is 3.62. The van der Waals surface area contributed by atoms with Gasteiger partial charge in [-0.25, -0.2) is 5.84 Å². The molecule has 2 amide bonds. The van der Waals surface area contributed by atoms with Crippen LogP contribution in [-0.4, -0.2) is 29.4 Å². The van der Waals surface area contributed by atoms with Crippen LogP contribution in [0.25, 0.3) is 0 Å². The molecule has 0 rings (SSSR count). The summed E-state index contributed by atoms with van der Waals surface area (Å²) < 4.78 is 0. The van der Waals surface area contributed by atoms with Crippen LogP contribution in [0.2, 0.25) is 0 Å². The monoisotopic (exact) mass is 158 g/mol. The Hall–Kier alpha value is -1.72. The van der Waals surface area contributed by atoms with E-state index in [4.69, 9.17) is 11.4 Å². The van der Waals surface area contributed by atoms with E-state index in [0.717, 1.165) is 6.21 Å². The number of amides is 2. The highest BCUT2D eigenvalue weighted by Gasteiger charge is 2.04. The molecule has 0 aliphatic carbocycles. The largest absolute Gasteiger partial charge is 0.394 e. The lowest BCUT2D eigenvalue weighted by Gasteiger charge is -1.96. The topological polar surface area (TPSA) is 122 Å². The van der Waals surface area contributed by atoms with Crippen LogP contribution in [0.15, 0.2) is 0 Å². The minimum atomic E-state index is -0.608. The molecule has 0 saturated heterocycles. The second kappa shape index (κ2) is 5.10. The molecule has 0 aromatic carbocycles. The summed E-state index contributed by atoms with van der Waals surface area (Å²) in [4.78, 5) is 23.5. The molecule has 0 atom stereocenters. The number of hydrazine groups is 1. The molecule has 0 aromatic heterocycles. The minimum Gasteiger partial charge on any atom is -0.337 e. The van der Waals surface area contributed by atoms with Crippen molar-refractivity contribution >= 4 is 18.0 Å². The first-order valence-electron chi connectivity index (χ1n) is 2.67.